The number of benzene rings is 2. The largest absolute Gasteiger partial charge is 0.118 e. The molecule has 0 bridgehead atoms. The summed E-state index contributed by atoms with van der Waals surface area (Å²) in [7, 11) is 0.341. The van der Waals surface area contributed by atoms with Crippen LogP contribution >= 0.6 is 23.2 Å². The van der Waals surface area contributed by atoms with E-state index in [1.165, 1.54) is 44.5 Å². The number of fused-ring (bicyclic) bond motifs is 2. The third kappa shape index (κ3) is 2.55. The Morgan fingerprint density at radius 1 is 0.704 bits per heavy atom. The Morgan fingerprint density at radius 2 is 1.07 bits per heavy atom. The molecule has 2 radical (unpaired) electrons. The molecular weight excluding hydrogens is 387 g/mol. The minimum absolute atomic E-state index is 0.341. The molecule has 2 atom stereocenters. The van der Waals surface area contributed by atoms with Gasteiger partial charge in [-0.3, -0.25) is 0 Å². The quantitative estimate of drug-likeness (QED) is 0.367. The highest BCUT2D eigenvalue weighted by Crippen LogP contribution is 2.57. The molecule has 0 N–H and O–H groups in total. The lowest BCUT2D eigenvalue weighted by Gasteiger charge is -2.36. The first-order chi connectivity index (χ1) is 12.9. The van der Waals surface area contributed by atoms with Gasteiger partial charge in [-0.25, -0.2) is 0 Å². The van der Waals surface area contributed by atoms with Crippen molar-refractivity contribution in [1.29, 1.82) is 0 Å². The van der Waals surface area contributed by atoms with Crippen molar-refractivity contribution >= 4 is 43.9 Å². The summed E-state index contributed by atoms with van der Waals surface area (Å²) in [5.41, 5.74) is 10.3. The molecule has 2 aliphatic rings. The van der Waals surface area contributed by atoms with Gasteiger partial charge in [-0.05, 0) is 71.2 Å². The summed E-state index contributed by atoms with van der Waals surface area (Å²) in [4.78, 5) is 0. The van der Waals surface area contributed by atoms with E-state index >= 15 is 0 Å². The summed E-state index contributed by atoms with van der Waals surface area (Å²) in [5.74, 6) is 0. The predicted octanol–water partition coefficient (Wildman–Crippen LogP) is 7.27. The molecule has 0 saturated carbocycles. The van der Waals surface area contributed by atoms with E-state index in [1.54, 1.807) is 0 Å². The molecule has 3 heteroatoms. The van der Waals surface area contributed by atoms with Crippen LogP contribution in [0.25, 0.3) is 11.1 Å². The molecule has 2 aliphatic carbocycles. The fraction of sp³-hybridized carbons (Fsp3) is 0.333. The van der Waals surface area contributed by atoms with E-state index < -0.39 is 8.99 Å². The Kier molecular flexibility index (Phi) is 4.69. The molecule has 0 saturated heterocycles. The summed E-state index contributed by atoms with van der Waals surface area (Å²) >= 11 is 15.0. The molecule has 0 aromatic heterocycles. The molecule has 27 heavy (non-hydrogen) atoms. The van der Waals surface area contributed by atoms with E-state index in [0.29, 0.717) is 9.52 Å². The Balaban J connectivity index is 1.91. The van der Waals surface area contributed by atoms with E-state index in [4.69, 9.17) is 23.2 Å². The number of hydrogen-bond donors (Lipinski definition) is 0. The van der Waals surface area contributed by atoms with Gasteiger partial charge in [-0.2, -0.15) is 0 Å². The second kappa shape index (κ2) is 6.65. The van der Waals surface area contributed by atoms with Crippen molar-refractivity contribution in [1.82, 2.24) is 0 Å². The van der Waals surface area contributed by atoms with Gasteiger partial charge in [-0.1, -0.05) is 62.4 Å². The van der Waals surface area contributed by atoms with Gasteiger partial charge in [0.1, 0.15) is 9.52 Å². The zero-order valence-electron chi connectivity index (χ0n) is 16.3. The third-order valence-electron chi connectivity index (χ3n) is 6.19. The predicted molar refractivity (Wildman–Crippen MR) is 119 cm³/mol. The molecule has 2 unspecified atom stereocenters. The summed E-state index contributed by atoms with van der Waals surface area (Å²) < 4.78 is -1.06. The Labute approximate surface area is 175 Å². The second-order valence-corrected chi connectivity index (χ2v) is 11.0. The van der Waals surface area contributed by atoms with Crippen molar-refractivity contribution in [3.63, 3.8) is 0 Å². The fourth-order valence-corrected chi connectivity index (χ4v) is 9.01. The second-order valence-electron chi connectivity index (χ2n) is 7.45. The van der Waals surface area contributed by atoms with Crippen LogP contribution in [0, 0.1) is 0 Å². The lowest BCUT2D eigenvalue weighted by atomic mass is 10.1. The average molecular weight is 411 g/mol. The molecule has 0 fully saturated rings. The minimum Gasteiger partial charge on any atom is -0.114 e. The molecule has 2 aromatic carbocycles. The number of alkyl halides is 2. The van der Waals surface area contributed by atoms with Crippen molar-refractivity contribution in [2.75, 3.05) is 0 Å². The van der Waals surface area contributed by atoms with Crippen LogP contribution in [-0.4, -0.2) is 9.52 Å². The van der Waals surface area contributed by atoms with Gasteiger partial charge in [0, 0.05) is 0 Å². The minimum atomic E-state index is -0.532. The van der Waals surface area contributed by atoms with Crippen LogP contribution in [0.5, 0.6) is 0 Å². The van der Waals surface area contributed by atoms with Crippen molar-refractivity contribution in [3.8, 4) is 0 Å². The van der Waals surface area contributed by atoms with Crippen LogP contribution in [-0.2, 0) is 8.99 Å². The van der Waals surface area contributed by atoms with Gasteiger partial charge in [0.2, 0.25) is 0 Å². The summed E-state index contributed by atoms with van der Waals surface area (Å²) in [6, 6.07) is 17.2. The number of allylic oxidation sites excluding steroid dienone is 4. The summed E-state index contributed by atoms with van der Waals surface area (Å²) in [6.45, 7) is 8.82. The first-order valence-electron chi connectivity index (χ1n) is 9.65. The first kappa shape index (κ1) is 19.1. The van der Waals surface area contributed by atoms with E-state index in [9.17, 15) is 0 Å². The highest BCUT2D eigenvalue weighted by Gasteiger charge is 2.52. The van der Waals surface area contributed by atoms with Gasteiger partial charge in [-0.15, -0.1) is 23.2 Å². The molecule has 0 aliphatic heterocycles. The first-order valence-corrected chi connectivity index (χ1v) is 11.4. The Hall–Kier alpha value is -1.28. The van der Waals surface area contributed by atoms with Crippen molar-refractivity contribution in [2.45, 2.75) is 49.5 Å². The molecule has 4 rings (SSSR count). The van der Waals surface area contributed by atoms with Gasteiger partial charge < -0.3 is 0 Å². The van der Waals surface area contributed by atoms with Gasteiger partial charge >= 0.3 is 0 Å². The van der Waals surface area contributed by atoms with Crippen LogP contribution < -0.4 is 0 Å². The maximum atomic E-state index is 7.52. The molecule has 138 valence electrons. The average Bonchev–Trinajstić information content (AvgIpc) is 3.01. The Bertz CT molecular complexity index is 908. The van der Waals surface area contributed by atoms with Crippen LogP contribution in [0.15, 0.2) is 59.7 Å². The molecule has 0 heterocycles. The monoisotopic (exact) mass is 410 g/mol. The van der Waals surface area contributed by atoms with Crippen molar-refractivity contribution in [3.05, 3.63) is 81.9 Å². The molecule has 0 spiro atoms. The molecular formula is C24H24Cl2Si. The number of halogens is 2. The van der Waals surface area contributed by atoms with Crippen LogP contribution in [0.2, 0.25) is 0 Å². The smallest absolute Gasteiger partial charge is 0.114 e. The van der Waals surface area contributed by atoms with Gasteiger partial charge in [0.05, 0.1) is 8.99 Å². The Morgan fingerprint density at radius 3 is 1.44 bits per heavy atom. The van der Waals surface area contributed by atoms with Crippen LogP contribution in [0.1, 0.15) is 62.8 Å². The summed E-state index contributed by atoms with van der Waals surface area (Å²) in [6.07, 6.45) is 1.88. The normalized spacial score (nSPS) is 26.6. The lowest BCUT2D eigenvalue weighted by Crippen LogP contribution is -2.41. The topological polar surface area (TPSA) is 0 Å². The molecule has 0 amide bonds. The van der Waals surface area contributed by atoms with E-state index in [-0.39, 0.29) is 0 Å². The highest BCUT2D eigenvalue weighted by atomic mass is 35.5. The van der Waals surface area contributed by atoms with E-state index in [0.717, 1.165) is 12.8 Å². The van der Waals surface area contributed by atoms with Crippen molar-refractivity contribution < 1.29 is 0 Å². The van der Waals surface area contributed by atoms with Crippen molar-refractivity contribution in [2.24, 2.45) is 0 Å². The van der Waals surface area contributed by atoms with Gasteiger partial charge in [0.25, 0.3) is 0 Å². The lowest BCUT2D eigenvalue weighted by molar-refractivity contribution is 0.860. The maximum absolute atomic E-state index is 7.52. The van der Waals surface area contributed by atoms with Gasteiger partial charge in [0.15, 0.2) is 0 Å². The zero-order valence-corrected chi connectivity index (χ0v) is 18.8. The maximum Gasteiger partial charge on any atom is 0.118 e. The fourth-order valence-electron chi connectivity index (χ4n) is 4.93. The van der Waals surface area contributed by atoms with Crippen LogP contribution in [0.4, 0.5) is 0 Å². The SMILES string of the molecule is CCC1=C(C)c2ccccc2C1(Cl)[Si]C1(Cl)C(CC)=C(C)c2ccccc21. The van der Waals surface area contributed by atoms with E-state index in [1.807, 2.05) is 0 Å². The standard InChI is InChI=1S/C24H24Cl2Si/c1-5-19-15(3)17-11-7-9-13-21(17)23(19,25)27-24(26)20(6-2)16(4)18-12-8-10-14-22(18)24/h7-14H,5-6H2,1-4H3. The number of hydrogen-bond acceptors (Lipinski definition) is 0. The zero-order chi connectivity index (χ0) is 19.4. The summed E-state index contributed by atoms with van der Waals surface area (Å²) in [5, 5.41) is 0. The van der Waals surface area contributed by atoms with E-state index in [2.05, 4.69) is 76.2 Å². The number of rotatable bonds is 4. The molecule has 0 nitrogen and oxygen atoms in total. The van der Waals surface area contributed by atoms with Crippen LogP contribution in [0.3, 0.4) is 0 Å². The highest BCUT2D eigenvalue weighted by molar-refractivity contribution is 6.70. The third-order valence-corrected chi connectivity index (χ3v) is 9.45. The molecule has 2 aromatic rings.